The number of nitrogens with zero attached hydrogens (tertiary/aromatic N) is 2. The van der Waals surface area contributed by atoms with Gasteiger partial charge in [-0.1, -0.05) is 11.8 Å². The Labute approximate surface area is 79.3 Å². The maximum atomic E-state index is 11.0. The van der Waals surface area contributed by atoms with Crippen LogP contribution in [-0.2, 0) is 9.59 Å². The monoisotopic (exact) mass is 199 g/mol. The van der Waals surface area contributed by atoms with Gasteiger partial charge in [-0.25, -0.2) is 4.98 Å². The molecule has 1 N–H and O–H groups in total. The van der Waals surface area contributed by atoms with E-state index in [-0.39, 0.29) is 23.7 Å². The second-order valence-corrected chi connectivity index (χ2v) is 3.46. The van der Waals surface area contributed by atoms with Crippen molar-refractivity contribution in [1.82, 2.24) is 15.2 Å². The molecular weight excluding hydrogens is 190 g/mol. The SMILES string of the molecule is CC(=O)CC(=O)CSc1ncn[nH]1. The van der Waals surface area contributed by atoms with Crippen molar-refractivity contribution < 1.29 is 9.59 Å². The van der Waals surface area contributed by atoms with Gasteiger partial charge in [-0.15, -0.1) is 0 Å². The standard InChI is InChI=1S/C7H9N3O2S/c1-5(11)2-6(12)3-13-7-8-4-9-10-7/h4H,2-3H2,1H3,(H,8,9,10). The Kier molecular flexibility index (Phi) is 3.63. The van der Waals surface area contributed by atoms with Gasteiger partial charge in [0.25, 0.3) is 0 Å². The van der Waals surface area contributed by atoms with E-state index in [1.807, 2.05) is 0 Å². The second-order valence-electron chi connectivity index (χ2n) is 2.50. The van der Waals surface area contributed by atoms with E-state index >= 15 is 0 Å². The summed E-state index contributed by atoms with van der Waals surface area (Å²) in [4.78, 5) is 25.4. The zero-order chi connectivity index (χ0) is 9.68. The van der Waals surface area contributed by atoms with Gasteiger partial charge >= 0.3 is 0 Å². The van der Waals surface area contributed by atoms with E-state index in [1.54, 1.807) is 0 Å². The molecular formula is C7H9N3O2S. The summed E-state index contributed by atoms with van der Waals surface area (Å²) in [5.74, 6) is 0.0615. The summed E-state index contributed by atoms with van der Waals surface area (Å²) in [5, 5.41) is 6.83. The summed E-state index contributed by atoms with van der Waals surface area (Å²) >= 11 is 1.25. The van der Waals surface area contributed by atoms with Crippen LogP contribution in [-0.4, -0.2) is 32.5 Å². The number of hydrogen-bond acceptors (Lipinski definition) is 5. The van der Waals surface area contributed by atoms with Gasteiger partial charge in [-0.2, -0.15) is 5.10 Å². The summed E-state index contributed by atoms with van der Waals surface area (Å²) in [5.41, 5.74) is 0. The molecule has 0 aromatic carbocycles. The van der Waals surface area contributed by atoms with Gasteiger partial charge in [0, 0.05) is 0 Å². The molecule has 0 aliphatic heterocycles. The van der Waals surface area contributed by atoms with Crippen molar-refractivity contribution >= 4 is 23.3 Å². The average molecular weight is 199 g/mol. The van der Waals surface area contributed by atoms with Crippen LogP contribution in [0.5, 0.6) is 0 Å². The third kappa shape index (κ3) is 3.84. The number of hydrogen-bond donors (Lipinski definition) is 1. The van der Waals surface area contributed by atoms with E-state index in [4.69, 9.17) is 0 Å². The van der Waals surface area contributed by atoms with E-state index in [2.05, 4.69) is 15.2 Å². The normalized spacial score (nSPS) is 9.92. The minimum atomic E-state index is -0.108. The number of carbonyl (C=O) groups excluding carboxylic acids is 2. The molecule has 70 valence electrons. The molecule has 5 nitrogen and oxygen atoms in total. The van der Waals surface area contributed by atoms with E-state index < -0.39 is 0 Å². The van der Waals surface area contributed by atoms with Gasteiger partial charge < -0.3 is 0 Å². The summed E-state index contributed by atoms with van der Waals surface area (Å²) in [6, 6.07) is 0. The molecule has 1 heterocycles. The summed E-state index contributed by atoms with van der Waals surface area (Å²) in [6.07, 6.45) is 1.37. The minimum Gasteiger partial charge on any atom is -0.300 e. The van der Waals surface area contributed by atoms with Gasteiger partial charge in [-0.05, 0) is 6.92 Å². The molecule has 0 amide bonds. The lowest BCUT2D eigenvalue weighted by Gasteiger charge is -1.94. The van der Waals surface area contributed by atoms with Crippen molar-refractivity contribution in [3.8, 4) is 0 Å². The molecule has 0 fully saturated rings. The van der Waals surface area contributed by atoms with E-state index in [9.17, 15) is 9.59 Å². The van der Waals surface area contributed by atoms with Gasteiger partial charge in [0.1, 0.15) is 12.1 Å². The fraction of sp³-hybridized carbons (Fsp3) is 0.429. The molecule has 0 radical (unpaired) electrons. The largest absolute Gasteiger partial charge is 0.300 e. The number of H-pyrrole nitrogens is 1. The molecule has 0 saturated carbocycles. The number of nitrogens with one attached hydrogen (secondary N) is 1. The highest BCUT2D eigenvalue weighted by molar-refractivity contribution is 7.99. The van der Waals surface area contributed by atoms with Gasteiger partial charge in [-0.3, -0.25) is 14.7 Å². The van der Waals surface area contributed by atoms with Crippen LogP contribution in [0, 0.1) is 0 Å². The smallest absolute Gasteiger partial charge is 0.183 e. The Bertz CT molecular complexity index is 297. The molecule has 1 aromatic heterocycles. The second kappa shape index (κ2) is 4.76. The first-order valence-electron chi connectivity index (χ1n) is 3.68. The molecule has 0 atom stereocenters. The molecule has 1 aromatic rings. The van der Waals surface area contributed by atoms with Gasteiger partial charge in [0.05, 0.1) is 12.2 Å². The third-order valence-electron chi connectivity index (χ3n) is 1.21. The Balaban J connectivity index is 2.27. The van der Waals surface area contributed by atoms with Gasteiger partial charge in [0.2, 0.25) is 0 Å². The molecule has 0 spiro atoms. The minimum absolute atomic E-state index is 0.00113. The van der Waals surface area contributed by atoms with E-state index in [1.165, 1.54) is 25.0 Å². The quantitative estimate of drug-likeness (QED) is 0.550. The number of rotatable bonds is 5. The number of Topliss-reactive ketones (excluding diaryl/α,β-unsaturated/α-hetero) is 2. The van der Waals surface area contributed by atoms with Crippen LogP contribution in [0.15, 0.2) is 11.5 Å². The Morgan fingerprint density at radius 2 is 2.38 bits per heavy atom. The summed E-state index contributed by atoms with van der Waals surface area (Å²) in [7, 11) is 0. The zero-order valence-electron chi connectivity index (χ0n) is 7.11. The number of aromatic amines is 1. The lowest BCUT2D eigenvalue weighted by molar-refractivity contribution is -0.124. The highest BCUT2D eigenvalue weighted by Gasteiger charge is 2.06. The molecule has 6 heteroatoms. The van der Waals surface area contributed by atoms with Crippen molar-refractivity contribution in [2.24, 2.45) is 0 Å². The predicted molar refractivity (Wildman–Crippen MR) is 47.4 cm³/mol. The summed E-state index contributed by atoms with van der Waals surface area (Å²) in [6.45, 7) is 1.40. The van der Waals surface area contributed by atoms with Crippen molar-refractivity contribution in [1.29, 1.82) is 0 Å². The fourth-order valence-corrected chi connectivity index (χ4v) is 1.38. The predicted octanol–water partition coefficient (Wildman–Crippen LogP) is 0.445. The number of thioether (sulfide) groups is 1. The van der Waals surface area contributed by atoms with Crippen LogP contribution < -0.4 is 0 Å². The molecule has 1 rings (SSSR count). The maximum absolute atomic E-state index is 11.0. The summed E-state index contributed by atoms with van der Waals surface area (Å²) < 4.78 is 0. The molecule has 0 saturated heterocycles. The lowest BCUT2D eigenvalue weighted by atomic mass is 10.2. The Hall–Kier alpha value is -1.17. The van der Waals surface area contributed by atoms with Crippen LogP contribution in [0.4, 0.5) is 0 Å². The highest BCUT2D eigenvalue weighted by atomic mass is 32.2. The lowest BCUT2D eigenvalue weighted by Crippen LogP contribution is -2.06. The van der Waals surface area contributed by atoms with Crippen LogP contribution in [0.3, 0.4) is 0 Å². The number of carbonyl (C=O) groups is 2. The molecule has 0 bridgehead atoms. The van der Waals surface area contributed by atoms with Crippen LogP contribution >= 0.6 is 11.8 Å². The van der Waals surface area contributed by atoms with Crippen LogP contribution in [0.1, 0.15) is 13.3 Å². The Morgan fingerprint density at radius 1 is 1.62 bits per heavy atom. The van der Waals surface area contributed by atoms with E-state index in [0.717, 1.165) is 0 Å². The first-order chi connectivity index (χ1) is 6.18. The number of aromatic nitrogens is 3. The number of ketones is 2. The van der Waals surface area contributed by atoms with Crippen molar-refractivity contribution in [2.45, 2.75) is 18.5 Å². The van der Waals surface area contributed by atoms with E-state index in [0.29, 0.717) is 5.16 Å². The van der Waals surface area contributed by atoms with Crippen molar-refractivity contribution in [2.75, 3.05) is 5.75 Å². The Morgan fingerprint density at radius 3 is 2.92 bits per heavy atom. The first-order valence-corrected chi connectivity index (χ1v) is 4.66. The van der Waals surface area contributed by atoms with Crippen molar-refractivity contribution in [3.05, 3.63) is 6.33 Å². The third-order valence-corrected chi connectivity index (χ3v) is 2.15. The van der Waals surface area contributed by atoms with Crippen LogP contribution in [0.2, 0.25) is 0 Å². The zero-order valence-corrected chi connectivity index (χ0v) is 7.93. The molecule has 0 aliphatic carbocycles. The topological polar surface area (TPSA) is 75.7 Å². The average Bonchev–Trinajstić information content (AvgIpc) is 2.51. The molecule has 13 heavy (non-hydrogen) atoms. The molecule has 0 unspecified atom stereocenters. The fourth-order valence-electron chi connectivity index (χ4n) is 0.741. The maximum Gasteiger partial charge on any atom is 0.183 e. The van der Waals surface area contributed by atoms with Crippen LogP contribution in [0.25, 0.3) is 0 Å². The van der Waals surface area contributed by atoms with Gasteiger partial charge in [0.15, 0.2) is 10.9 Å². The van der Waals surface area contributed by atoms with Crippen molar-refractivity contribution in [3.63, 3.8) is 0 Å². The molecule has 0 aliphatic rings. The first kappa shape index (κ1) is 9.91. The highest BCUT2D eigenvalue weighted by Crippen LogP contribution is 2.10.